The number of benzene rings is 3. The topological polar surface area (TPSA) is 76.7 Å². The molecule has 0 radical (unpaired) electrons. The van der Waals surface area contributed by atoms with Gasteiger partial charge < -0.3 is 20.1 Å². The fraction of sp³-hybridized carbons (Fsp3) is 0.200. The zero-order chi connectivity index (χ0) is 21.6. The van der Waals surface area contributed by atoms with Crippen LogP contribution in [0.15, 0.2) is 66.7 Å². The molecule has 0 spiro atoms. The van der Waals surface area contributed by atoms with Gasteiger partial charge in [0.25, 0.3) is 5.91 Å². The van der Waals surface area contributed by atoms with Gasteiger partial charge in [0, 0.05) is 24.2 Å². The van der Waals surface area contributed by atoms with E-state index in [1.165, 1.54) is 0 Å². The summed E-state index contributed by atoms with van der Waals surface area (Å²) in [5.74, 6) is 1.27. The van der Waals surface area contributed by atoms with Crippen LogP contribution in [-0.4, -0.2) is 18.6 Å². The van der Waals surface area contributed by atoms with Crippen LogP contribution in [-0.2, 0) is 17.8 Å². The molecule has 158 valence electrons. The van der Waals surface area contributed by atoms with Gasteiger partial charge in [0.15, 0.2) is 11.5 Å². The summed E-state index contributed by atoms with van der Waals surface area (Å²) in [5.41, 5.74) is 4.34. The second-order valence-corrected chi connectivity index (χ2v) is 7.48. The number of rotatable bonds is 7. The number of anilines is 1. The molecule has 6 heteroatoms. The molecule has 0 bridgehead atoms. The summed E-state index contributed by atoms with van der Waals surface area (Å²) in [5, 5.41) is 5.83. The molecule has 0 aromatic heterocycles. The first kappa shape index (κ1) is 20.5. The van der Waals surface area contributed by atoms with Crippen LogP contribution in [0.3, 0.4) is 0 Å². The number of carbonyl (C=O) groups is 2. The maximum absolute atomic E-state index is 12.4. The minimum absolute atomic E-state index is 0.0354. The van der Waals surface area contributed by atoms with Gasteiger partial charge in [-0.1, -0.05) is 35.9 Å². The van der Waals surface area contributed by atoms with Gasteiger partial charge in [0.05, 0.1) is 0 Å². The molecular formula is C25H24N2O4. The Labute approximate surface area is 181 Å². The maximum Gasteiger partial charge on any atom is 0.255 e. The van der Waals surface area contributed by atoms with Crippen LogP contribution in [0.25, 0.3) is 0 Å². The number of amides is 2. The van der Waals surface area contributed by atoms with E-state index < -0.39 is 0 Å². The van der Waals surface area contributed by atoms with Crippen molar-refractivity contribution in [2.75, 3.05) is 12.1 Å². The zero-order valence-corrected chi connectivity index (χ0v) is 17.3. The third-order valence-electron chi connectivity index (χ3n) is 5.07. The van der Waals surface area contributed by atoms with Crippen molar-refractivity contribution < 1.29 is 19.1 Å². The van der Waals surface area contributed by atoms with Crippen molar-refractivity contribution in [1.29, 1.82) is 0 Å². The molecule has 2 N–H and O–H groups in total. The average molecular weight is 416 g/mol. The van der Waals surface area contributed by atoms with Gasteiger partial charge >= 0.3 is 0 Å². The Bertz CT molecular complexity index is 1090. The molecule has 2 amide bonds. The summed E-state index contributed by atoms with van der Waals surface area (Å²) in [6, 6.07) is 20.6. The monoisotopic (exact) mass is 416 g/mol. The Morgan fingerprint density at radius 3 is 2.55 bits per heavy atom. The first-order chi connectivity index (χ1) is 15.1. The first-order valence-corrected chi connectivity index (χ1v) is 10.2. The lowest BCUT2D eigenvalue weighted by Gasteiger charge is -2.09. The lowest BCUT2D eigenvalue weighted by atomic mass is 10.1. The number of aryl methyl sites for hydroxylation is 2. The molecule has 0 fully saturated rings. The molecule has 3 aromatic carbocycles. The average Bonchev–Trinajstić information content (AvgIpc) is 3.25. The zero-order valence-electron chi connectivity index (χ0n) is 17.3. The van der Waals surface area contributed by atoms with E-state index in [1.54, 1.807) is 12.1 Å². The van der Waals surface area contributed by atoms with Crippen molar-refractivity contribution in [1.82, 2.24) is 5.32 Å². The van der Waals surface area contributed by atoms with Gasteiger partial charge in [-0.15, -0.1) is 0 Å². The highest BCUT2D eigenvalue weighted by Gasteiger charge is 2.13. The largest absolute Gasteiger partial charge is 0.454 e. The molecule has 0 unspecified atom stereocenters. The fourth-order valence-corrected chi connectivity index (χ4v) is 3.31. The Hall–Kier alpha value is -3.80. The van der Waals surface area contributed by atoms with Crippen LogP contribution in [0.4, 0.5) is 5.69 Å². The standard InChI is InChI=1S/C25H24N2O4/c1-17-5-9-20(10-6-17)25(29)27-21-4-2-3-19(13-21)15-26-24(28)12-8-18-7-11-22-23(14-18)31-16-30-22/h2-7,9-11,13-14H,8,12,15-16H2,1H3,(H,26,28)(H,27,29). The normalized spacial score (nSPS) is 11.8. The summed E-state index contributed by atoms with van der Waals surface area (Å²) in [7, 11) is 0. The molecule has 0 saturated heterocycles. The molecule has 0 saturated carbocycles. The highest BCUT2D eigenvalue weighted by atomic mass is 16.7. The van der Waals surface area contributed by atoms with Crippen LogP contribution in [0.2, 0.25) is 0 Å². The minimum atomic E-state index is -0.162. The smallest absolute Gasteiger partial charge is 0.255 e. The van der Waals surface area contributed by atoms with Crippen LogP contribution in [0, 0.1) is 6.92 Å². The van der Waals surface area contributed by atoms with Crippen molar-refractivity contribution in [3.8, 4) is 11.5 Å². The van der Waals surface area contributed by atoms with Gasteiger partial charge in [-0.25, -0.2) is 0 Å². The number of ether oxygens (including phenoxy) is 2. The van der Waals surface area contributed by atoms with E-state index in [0.717, 1.165) is 28.2 Å². The minimum Gasteiger partial charge on any atom is -0.454 e. The molecule has 31 heavy (non-hydrogen) atoms. The van der Waals surface area contributed by atoms with Crippen molar-refractivity contribution in [3.63, 3.8) is 0 Å². The van der Waals surface area contributed by atoms with Crippen LogP contribution in [0.5, 0.6) is 11.5 Å². The molecule has 1 heterocycles. The van der Waals surface area contributed by atoms with Crippen molar-refractivity contribution in [2.45, 2.75) is 26.3 Å². The van der Waals surface area contributed by atoms with Gasteiger partial charge in [-0.05, 0) is 60.9 Å². The Morgan fingerprint density at radius 2 is 1.71 bits per heavy atom. The van der Waals surface area contributed by atoms with Gasteiger partial charge in [0.1, 0.15) is 0 Å². The van der Waals surface area contributed by atoms with E-state index in [2.05, 4.69) is 10.6 Å². The molecule has 1 aliphatic heterocycles. The lowest BCUT2D eigenvalue weighted by Crippen LogP contribution is -2.23. The van der Waals surface area contributed by atoms with Crippen molar-refractivity contribution >= 4 is 17.5 Å². The van der Waals surface area contributed by atoms with Crippen LogP contribution < -0.4 is 20.1 Å². The predicted octanol–water partition coefficient (Wildman–Crippen LogP) is 4.23. The summed E-state index contributed by atoms with van der Waals surface area (Å²) in [6.07, 6.45) is 0.999. The van der Waals surface area contributed by atoms with E-state index in [-0.39, 0.29) is 18.6 Å². The summed E-state index contributed by atoms with van der Waals surface area (Å²) in [6.45, 7) is 2.62. The van der Waals surface area contributed by atoms with E-state index in [1.807, 2.05) is 61.5 Å². The van der Waals surface area contributed by atoms with E-state index >= 15 is 0 Å². The lowest BCUT2D eigenvalue weighted by molar-refractivity contribution is -0.121. The third-order valence-corrected chi connectivity index (χ3v) is 5.07. The SMILES string of the molecule is Cc1ccc(C(=O)Nc2cccc(CNC(=O)CCc3ccc4c(c3)OCO4)c2)cc1. The predicted molar refractivity (Wildman–Crippen MR) is 118 cm³/mol. The second-order valence-electron chi connectivity index (χ2n) is 7.48. The van der Waals surface area contributed by atoms with Crippen molar-refractivity contribution in [3.05, 3.63) is 89.0 Å². The van der Waals surface area contributed by atoms with Crippen LogP contribution >= 0.6 is 0 Å². The molecular weight excluding hydrogens is 392 g/mol. The Morgan fingerprint density at radius 1 is 0.903 bits per heavy atom. The molecule has 1 aliphatic rings. The number of nitrogens with one attached hydrogen (secondary N) is 2. The van der Waals surface area contributed by atoms with E-state index in [4.69, 9.17) is 9.47 Å². The number of hydrogen-bond acceptors (Lipinski definition) is 4. The van der Waals surface area contributed by atoms with Gasteiger partial charge in [-0.3, -0.25) is 9.59 Å². The van der Waals surface area contributed by atoms with Gasteiger partial charge in [-0.2, -0.15) is 0 Å². The molecule has 4 rings (SSSR count). The summed E-state index contributed by atoms with van der Waals surface area (Å²) >= 11 is 0. The number of hydrogen-bond donors (Lipinski definition) is 2. The maximum atomic E-state index is 12.4. The molecule has 6 nitrogen and oxygen atoms in total. The fourth-order valence-electron chi connectivity index (χ4n) is 3.31. The van der Waals surface area contributed by atoms with Crippen molar-refractivity contribution in [2.24, 2.45) is 0 Å². The molecule has 0 atom stereocenters. The highest BCUT2D eigenvalue weighted by Crippen LogP contribution is 2.32. The highest BCUT2D eigenvalue weighted by molar-refractivity contribution is 6.04. The first-order valence-electron chi connectivity index (χ1n) is 10.2. The Kier molecular flexibility index (Phi) is 6.17. The van der Waals surface area contributed by atoms with E-state index in [0.29, 0.717) is 30.6 Å². The van der Waals surface area contributed by atoms with E-state index in [9.17, 15) is 9.59 Å². The van der Waals surface area contributed by atoms with Gasteiger partial charge in [0.2, 0.25) is 12.7 Å². The van der Waals surface area contributed by atoms with Crippen LogP contribution in [0.1, 0.15) is 33.5 Å². The molecule has 3 aromatic rings. The third kappa shape index (κ3) is 5.42. The molecule has 0 aliphatic carbocycles. The Balaban J connectivity index is 1.27. The second kappa shape index (κ2) is 9.34. The quantitative estimate of drug-likeness (QED) is 0.605. The summed E-state index contributed by atoms with van der Waals surface area (Å²) in [4.78, 5) is 24.7. The number of carbonyl (C=O) groups excluding carboxylic acids is 2. The summed E-state index contributed by atoms with van der Waals surface area (Å²) < 4.78 is 10.7. The number of fused-ring (bicyclic) bond motifs is 1.